The fraction of sp³-hybridized carbons (Fsp3) is 0.333. The molecule has 0 radical (unpaired) electrons. The first-order chi connectivity index (χ1) is 13.4. The van der Waals surface area contributed by atoms with Crippen LogP contribution < -0.4 is 4.90 Å². The molecule has 2 aliphatic heterocycles. The minimum atomic E-state index is -1.00. The average Bonchev–Trinajstić information content (AvgIpc) is 2.90. The molecule has 6 nitrogen and oxygen atoms in total. The standard InChI is InChI=1S/C21H21FN2O4/c1-23-17-12-15(25)11-16(22)18(17)21(19(23)26)7-9-24(10-8-21)20(27)28-13-14-5-3-2-4-6-14/h2-6,11-12,25H,7-10,13H2,1H3. The lowest BCUT2D eigenvalue weighted by molar-refractivity contribution is -0.124. The number of phenolic OH excluding ortho intramolecular Hbond substituents is 1. The summed E-state index contributed by atoms with van der Waals surface area (Å²) in [5.41, 5.74) is 0.600. The maximum Gasteiger partial charge on any atom is 0.410 e. The molecular weight excluding hydrogens is 363 g/mol. The van der Waals surface area contributed by atoms with Gasteiger partial charge in [0.2, 0.25) is 5.91 Å². The molecule has 7 heteroatoms. The lowest BCUT2D eigenvalue weighted by Gasteiger charge is -2.37. The zero-order valence-corrected chi connectivity index (χ0v) is 15.5. The average molecular weight is 384 g/mol. The molecule has 146 valence electrons. The van der Waals surface area contributed by atoms with Crippen molar-refractivity contribution in [3.63, 3.8) is 0 Å². The SMILES string of the molecule is CN1C(=O)C2(CCN(C(=O)OCc3ccccc3)CC2)c2c(F)cc(O)cc21. The zero-order chi connectivity index (χ0) is 19.9. The highest BCUT2D eigenvalue weighted by Gasteiger charge is 2.53. The Balaban J connectivity index is 1.48. The van der Waals surface area contributed by atoms with Crippen LogP contribution in [0, 0.1) is 5.82 Å². The number of benzene rings is 2. The number of hydrogen-bond donors (Lipinski definition) is 1. The van der Waals surface area contributed by atoms with E-state index < -0.39 is 17.3 Å². The highest BCUT2D eigenvalue weighted by molar-refractivity contribution is 6.08. The van der Waals surface area contributed by atoms with Crippen LogP contribution in [0.15, 0.2) is 42.5 Å². The maximum atomic E-state index is 14.6. The van der Waals surface area contributed by atoms with E-state index in [0.717, 1.165) is 11.6 Å². The van der Waals surface area contributed by atoms with Gasteiger partial charge in [0.25, 0.3) is 0 Å². The van der Waals surface area contributed by atoms with E-state index in [1.54, 1.807) is 11.9 Å². The molecule has 2 heterocycles. The minimum Gasteiger partial charge on any atom is -0.508 e. The number of rotatable bonds is 2. The molecule has 1 N–H and O–H groups in total. The molecule has 28 heavy (non-hydrogen) atoms. The summed E-state index contributed by atoms with van der Waals surface area (Å²) in [6.45, 7) is 0.777. The topological polar surface area (TPSA) is 70.1 Å². The van der Waals surface area contributed by atoms with E-state index in [2.05, 4.69) is 0 Å². The number of hydrogen-bond acceptors (Lipinski definition) is 4. The second-order valence-electron chi connectivity index (χ2n) is 7.30. The molecule has 1 fully saturated rings. The van der Waals surface area contributed by atoms with Crippen molar-refractivity contribution in [2.75, 3.05) is 25.0 Å². The van der Waals surface area contributed by atoms with Gasteiger partial charge in [-0.2, -0.15) is 0 Å². The first-order valence-corrected chi connectivity index (χ1v) is 9.19. The van der Waals surface area contributed by atoms with E-state index in [9.17, 15) is 19.1 Å². The summed E-state index contributed by atoms with van der Waals surface area (Å²) in [6, 6.07) is 11.8. The molecule has 1 saturated heterocycles. The lowest BCUT2D eigenvalue weighted by atomic mass is 9.73. The van der Waals surface area contributed by atoms with Gasteiger partial charge in [0.05, 0.1) is 11.1 Å². The quantitative estimate of drug-likeness (QED) is 0.863. The Bertz CT molecular complexity index is 924. The highest BCUT2D eigenvalue weighted by atomic mass is 19.1. The van der Waals surface area contributed by atoms with Gasteiger partial charge < -0.3 is 19.6 Å². The number of fused-ring (bicyclic) bond motifs is 2. The second kappa shape index (κ2) is 6.82. The number of halogens is 1. The van der Waals surface area contributed by atoms with Crippen molar-refractivity contribution in [1.82, 2.24) is 4.90 Å². The molecule has 0 bridgehead atoms. The molecule has 4 rings (SSSR count). The molecule has 0 atom stereocenters. The highest BCUT2D eigenvalue weighted by Crippen LogP contribution is 2.49. The third-order valence-corrected chi connectivity index (χ3v) is 5.69. The Morgan fingerprint density at radius 1 is 1.21 bits per heavy atom. The molecule has 2 aromatic rings. The number of carbonyl (C=O) groups is 2. The molecular formula is C21H21FN2O4. The van der Waals surface area contributed by atoms with Gasteiger partial charge in [-0.3, -0.25) is 4.79 Å². The van der Waals surface area contributed by atoms with Gasteiger partial charge in [-0.05, 0) is 18.4 Å². The van der Waals surface area contributed by atoms with Crippen LogP contribution in [0.2, 0.25) is 0 Å². The Morgan fingerprint density at radius 3 is 2.57 bits per heavy atom. The Labute approximate surface area is 162 Å². The van der Waals surface area contributed by atoms with Gasteiger partial charge in [-0.25, -0.2) is 9.18 Å². The molecule has 2 aliphatic rings. The van der Waals surface area contributed by atoms with Crippen molar-refractivity contribution in [2.24, 2.45) is 0 Å². The first-order valence-electron chi connectivity index (χ1n) is 9.19. The number of nitrogens with zero attached hydrogens (tertiary/aromatic N) is 2. The molecule has 1 spiro atoms. The van der Waals surface area contributed by atoms with Crippen molar-refractivity contribution in [3.05, 3.63) is 59.4 Å². The summed E-state index contributed by atoms with van der Waals surface area (Å²) < 4.78 is 20.0. The summed E-state index contributed by atoms with van der Waals surface area (Å²) in [5, 5.41) is 9.69. The summed E-state index contributed by atoms with van der Waals surface area (Å²) in [7, 11) is 1.58. The van der Waals surface area contributed by atoms with Gasteiger partial charge >= 0.3 is 6.09 Å². The van der Waals surface area contributed by atoms with Gasteiger partial charge in [0.1, 0.15) is 18.2 Å². The Kier molecular flexibility index (Phi) is 4.45. The third-order valence-electron chi connectivity index (χ3n) is 5.69. The van der Waals surface area contributed by atoms with E-state index >= 15 is 0 Å². The number of carbonyl (C=O) groups excluding carboxylic acids is 2. The van der Waals surface area contributed by atoms with Crippen molar-refractivity contribution in [3.8, 4) is 5.75 Å². The number of amides is 2. The van der Waals surface area contributed by atoms with E-state index in [-0.39, 0.29) is 18.3 Å². The van der Waals surface area contributed by atoms with Gasteiger partial charge in [-0.1, -0.05) is 30.3 Å². The van der Waals surface area contributed by atoms with Crippen LogP contribution in [-0.2, 0) is 21.6 Å². The van der Waals surface area contributed by atoms with Crippen LogP contribution in [0.3, 0.4) is 0 Å². The van der Waals surface area contributed by atoms with Gasteiger partial charge in [0, 0.05) is 37.8 Å². The fourth-order valence-electron chi connectivity index (χ4n) is 4.20. The van der Waals surface area contributed by atoms with Crippen LogP contribution >= 0.6 is 0 Å². The fourth-order valence-corrected chi connectivity index (χ4v) is 4.20. The number of anilines is 1. The summed E-state index contributed by atoms with van der Waals surface area (Å²) in [4.78, 5) is 28.3. The molecule has 2 aromatic carbocycles. The number of phenols is 1. The van der Waals surface area contributed by atoms with Gasteiger partial charge in [-0.15, -0.1) is 0 Å². The lowest BCUT2D eigenvalue weighted by Crippen LogP contribution is -2.50. The minimum absolute atomic E-state index is 0.180. The third kappa shape index (κ3) is 2.87. The van der Waals surface area contributed by atoms with Crippen LogP contribution in [0.4, 0.5) is 14.9 Å². The van der Waals surface area contributed by atoms with E-state index in [0.29, 0.717) is 37.2 Å². The molecule has 0 aromatic heterocycles. The number of likely N-dealkylation sites (tertiary alicyclic amines) is 1. The molecule has 0 saturated carbocycles. The molecule has 0 aliphatic carbocycles. The van der Waals surface area contributed by atoms with Crippen molar-refractivity contribution in [2.45, 2.75) is 24.9 Å². The zero-order valence-electron chi connectivity index (χ0n) is 15.5. The summed E-state index contributed by atoms with van der Waals surface area (Å²) in [5.74, 6) is -1.01. The predicted molar refractivity (Wildman–Crippen MR) is 101 cm³/mol. The van der Waals surface area contributed by atoms with Crippen LogP contribution in [0.1, 0.15) is 24.0 Å². The second-order valence-corrected chi connectivity index (χ2v) is 7.30. The van der Waals surface area contributed by atoms with Crippen LogP contribution in [-0.4, -0.2) is 42.1 Å². The summed E-state index contributed by atoms with van der Waals surface area (Å²) >= 11 is 0. The van der Waals surface area contributed by atoms with Crippen molar-refractivity contribution >= 4 is 17.7 Å². The number of ether oxygens (including phenoxy) is 1. The van der Waals surface area contributed by atoms with E-state index in [4.69, 9.17) is 4.74 Å². The number of aromatic hydroxyl groups is 1. The summed E-state index contributed by atoms with van der Waals surface area (Å²) in [6.07, 6.45) is 0.181. The predicted octanol–water partition coefficient (Wildman–Crippen LogP) is 3.18. The first kappa shape index (κ1) is 18.3. The molecule has 0 unspecified atom stereocenters. The normalized spacial score (nSPS) is 17.7. The smallest absolute Gasteiger partial charge is 0.410 e. The van der Waals surface area contributed by atoms with Crippen molar-refractivity contribution in [1.29, 1.82) is 0 Å². The number of piperidine rings is 1. The Morgan fingerprint density at radius 2 is 1.89 bits per heavy atom. The van der Waals surface area contributed by atoms with Crippen LogP contribution in [0.25, 0.3) is 0 Å². The van der Waals surface area contributed by atoms with Gasteiger partial charge in [0.15, 0.2) is 0 Å². The largest absolute Gasteiger partial charge is 0.508 e. The number of likely N-dealkylation sites (N-methyl/N-ethyl adjacent to an activating group) is 1. The van der Waals surface area contributed by atoms with Crippen LogP contribution in [0.5, 0.6) is 5.75 Å². The van der Waals surface area contributed by atoms with Crippen molar-refractivity contribution < 1.29 is 23.8 Å². The molecule has 2 amide bonds. The Hall–Kier alpha value is -3.09. The maximum absolute atomic E-state index is 14.6. The van der Waals surface area contributed by atoms with E-state index in [1.165, 1.54) is 11.0 Å². The van der Waals surface area contributed by atoms with E-state index in [1.807, 2.05) is 30.3 Å². The monoisotopic (exact) mass is 384 g/mol.